The number of methoxy groups -OCH3 is 2. The van der Waals surface area contributed by atoms with Crippen LogP contribution in [0.3, 0.4) is 0 Å². The first-order valence-corrected chi connectivity index (χ1v) is 8.08. The van der Waals surface area contributed by atoms with Gasteiger partial charge in [0.2, 0.25) is 0 Å². The standard InChI is InChI=1S/C18H22N2O5/c1-23-14-6-5-12(10-15(14)24-2)17-16(11-21)25-9-8-20(17)18(22)13-4-3-7-19-13/h3-7,10,16-17,19,21H,8-9,11H2,1-2H3/t16-,17-/m0/s1. The smallest absolute Gasteiger partial charge is 0.270 e. The van der Waals surface area contributed by atoms with E-state index < -0.39 is 12.1 Å². The number of hydrogen-bond donors (Lipinski definition) is 2. The van der Waals surface area contributed by atoms with E-state index in [-0.39, 0.29) is 12.5 Å². The molecule has 7 nitrogen and oxygen atoms in total. The second-order valence-corrected chi connectivity index (χ2v) is 5.73. The summed E-state index contributed by atoms with van der Waals surface area (Å²) < 4.78 is 16.3. The van der Waals surface area contributed by atoms with E-state index in [1.54, 1.807) is 43.5 Å². The van der Waals surface area contributed by atoms with Crippen molar-refractivity contribution in [3.05, 3.63) is 47.8 Å². The van der Waals surface area contributed by atoms with Crippen molar-refractivity contribution in [3.8, 4) is 11.5 Å². The van der Waals surface area contributed by atoms with Crippen LogP contribution < -0.4 is 9.47 Å². The van der Waals surface area contributed by atoms with Gasteiger partial charge in [-0.15, -0.1) is 0 Å². The number of nitrogens with zero attached hydrogens (tertiary/aromatic N) is 1. The molecule has 1 aromatic carbocycles. The Kier molecular flexibility index (Phi) is 5.25. The molecule has 0 bridgehead atoms. The molecule has 0 aliphatic carbocycles. The highest BCUT2D eigenvalue weighted by Crippen LogP contribution is 2.36. The molecule has 2 atom stereocenters. The first-order chi connectivity index (χ1) is 12.2. The lowest BCUT2D eigenvalue weighted by Crippen LogP contribution is -2.49. The van der Waals surface area contributed by atoms with Gasteiger partial charge in [0.1, 0.15) is 11.8 Å². The molecular formula is C18H22N2O5. The number of rotatable bonds is 5. The summed E-state index contributed by atoms with van der Waals surface area (Å²) in [5, 5.41) is 9.75. The van der Waals surface area contributed by atoms with Crippen LogP contribution in [0.25, 0.3) is 0 Å². The van der Waals surface area contributed by atoms with Crippen molar-refractivity contribution in [2.24, 2.45) is 0 Å². The second kappa shape index (κ2) is 7.58. The lowest BCUT2D eigenvalue weighted by atomic mass is 9.97. The van der Waals surface area contributed by atoms with Crippen LogP contribution in [0.2, 0.25) is 0 Å². The maximum Gasteiger partial charge on any atom is 0.270 e. The zero-order valence-electron chi connectivity index (χ0n) is 14.3. The van der Waals surface area contributed by atoms with Crippen LogP contribution in [0.4, 0.5) is 0 Å². The van der Waals surface area contributed by atoms with Gasteiger partial charge in [-0.25, -0.2) is 0 Å². The van der Waals surface area contributed by atoms with E-state index in [9.17, 15) is 9.90 Å². The van der Waals surface area contributed by atoms with Crippen LogP contribution >= 0.6 is 0 Å². The summed E-state index contributed by atoms with van der Waals surface area (Å²) in [5.41, 5.74) is 1.32. The molecule has 2 aromatic rings. The van der Waals surface area contributed by atoms with Gasteiger partial charge in [-0.3, -0.25) is 4.79 Å². The third kappa shape index (κ3) is 3.33. The highest BCUT2D eigenvalue weighted by atomic mass is 16.5. The predicted molar refractivity (Wildman–Crippen MR) is 90.9 cm³/mol. The van der Waals surface area contributed by atoms with Gasteiger partial charge >= 0.3 is 0 Å². The minimum atomic E-state index is -0.509. The zero-order valence-corrected chi connectivity index (χ0v) is 14.3. The highest BCUT2D eigenvalue weighted by molar-refractivity contribution is 5.92. The number of benzene rings is 1. The number of aromatic nitrogens is 1. The van der Waals surface area contributed by atoms with Crippen molar-refractivity contribution >= 4 is 5.91 Å². The molecule has 0 radical (unpaired) electrons. The number of hydrogen-bond acceptors (Lipinski definition) is 5. The van der Waals surface area contributed by atoms with E-state index in [0.717, 1.165) is 5.56 Å². The number of morpholine rings is 1. The summed E-state index contributed by atoms with van der Waals surface area (Å²) in [6.07, 6.45) is 1.20. The third-order valence-electron chi connectivity index (χ3n) is 4.37. The molecule has 25 heavy (non-hydrogen) atoms. The fourth-order valence-electron chi connectivity index (χ4n) is 3.16. The number of carbonyl (C=O) groups excluding carboxylic acids is 1. The number of nitrogens with one attached hydrogen (secondary N) is 1. The molecule has 1 aromatic heterocycles. The predicted octanol–water partition coefficient (Wildman–Crippen LogP) is 1.61. The van der Waals surface area contributed by atoms with Gasteiger partial charge in [0.25, 0.3) is 5.91 Å². The Hall–Kier alpha value is -2.51. The van der Waals surface area contributed by atoms with Crippen LogP contribution in [0.5, 0.6) is 11.5 Å². The third-order valence-corrected chi connectivity index (χ3v) is 4.37. The molecule has 2 N–H and O–H groups in total. The number of H-pyrrole nitrogens is 1. The summed E-state index contributed by atoms with van der Waals surface area (Å²) in [7, 11) is 3.13. The lowest BCUT2D eigenvalue weighted by Gasteiger charge is -2.40. The molecule has 1 aliphatic heterocycles. The van der Waals surface area contributed by atoms with E-state index in [0.29, 0.717) is 30.3 Å². The maximum absolute atomic E-state index is 12.9. The summed E-state index contributed by atoms with van der Waals surface area (Å²) >= 11 is 0. The van der Waals surface area contributed by atoms with Crippen LogP contribution in [-0.4, -0.2) is 61.0 Å². The van der Waals surface area contributed by atoms with E-state index in [1.807, 2.05) is 12.1 Å². The Morgan fingerprint density at radius 2 is 2.12 bits per heavy atom. The van der Waals surface area contributed by atoms with Crippen molar-refractivity contribution < 1.29 is 24.1 Å². The Morgan fingerprint density at radius 1 is 1.32 bits per heavy atom. The van der Waals surface area contributed by atoms with Gasteiger partial charge in [-0.1, -0.05) is 6.07 Å². The van der Waals surface area contributed by atoms with E-state index >= 15 is 0 Å². The minimum absolute atomic E-state index is 0.133. The average Bonchev–Trinajstić information content (AvgIpc) is 3.20. The van der Waals surface area contributed by atoms with E-state index in [4.69, 9.17) is 14.2 Å². The average molecular weight is 346 g/mol. The van der Waals surface area contributed by atoms with Gasteiger partial charge < -0.3 is 29.2 Å². The Labute approximate surface area is 146 Å². The second-order valence-electron chi connectivity index (χ2n) is 5.73. The summed E-state index contributed by atoms with van der Waals surface area (Å²) in [6.45, 7) is 0.627. The van der Waals surface area contributed by atoms with Gasteiger partial charge in [-0.05, 0) is 29.8 Å². The number of aromatic amines is 1. The first kappa shape index (κ1) is 17.3. The van der Waals surface area contributed by atoms with E-state index in [1.165, 1.54) is 0 Å². The van der Waals surface area contributed by atoms with Gasteiger partial charge in [0, 0.05) is 12.7 Å². The molecule has 0 saturated carbocycles. The topological polar surface area (TPSA) is 84.0 Å². The van der Waals surface area contributed by atoms with Crippen LogP contribution in [0.15, 0.2) is 36.5 Å². The monoisotopic (exact) mass is 346 g/mol. The number of ether oxygens (including phenoxy) is 3. The summed E-state index contributed by atoms with van der Waals surface area (Å²) in [6, 6.07) is 8.55. The molecule has 1 fully saturated rings. The number of aliphatic hydroxyl groups is 1. The van der Waals surface area contributed by atoms with Crippen LogP contribution in [0, 0.1) is 0 Å². The normalized spacial score (nSPS) is 20.4. The SMILES string of the molecule is COc1ccc([C@H]2[C@H](CO)OCCN2C(=O)c2ccc[nH]2)cc1OC. The molecule has 3 rings (SSSR count). The Balaban J connectivity index is 1.99. The molecule has 0 unspecified atom stereocenters. The lowest BCUT2D eigenvalue weighted by molar-refractivity contribution is -0.0812. The quantitative estimate of drug-likeness (QED) is 0.859. The molecule has 1 aliphatic rings. The molecule has 134 valence electrons. The highest BCUT2D eigenvalue weighted by Gasteiger charge is 2.37. The fraction of sp³-hybridized carbons (Fsp3) is 0.389. The van der Waals surface area contributed by atoms with Gasteiger partial charge in [0.05, 0.1) is 33.5 Å². The van der Waals surface area contributed by atoms with Crippen molar-refractivity contribution in [3.63, 3.8) is 0 Å². The Morgan fingerprint density at radius 3 is 2.76 bits per heavy atom. The minimum Gasteiger partial charge on any atom is -0.493 e. The molecule has 1 saturated heterocycles. The molecule has 1 amide bonds. The molecule has 0 spiro atoms. The number of carbonyl (C=O) groups is 1. The van der Waals surface area contributed by atoms with Crippen molar-refractivity contribution in [1.82, 2.24) is 9.88 Å². The first-order valence-electron chi connectivity index (χ1n) is 8.08. The largest absolute Gasteiger partial charge is 0.493 e. The summed E-state index contributed by atoms with van der Waals surface area (Å²) in [4.78, 5) is 17.5. The van der Waals surface area contributed by atoms with Crippen molar-refractivity contribution in [2.45, 2.75) is 12.1 Å². The molecule has 7 heteroatoms. The Bertz CT molecular complexity index is 716. The van der Waals surface area contributed by atoms with Crippen molar-refractivity contribution in [1.29, 1.82) is 0 Å². The fourth-order valence-corrected chi connectivity index (χ4v) is 3.16. The zero-order chi connectivity index (χ0) is 17.8. The maximum atomic E-state index is 12.9. The number of amides is 1. The summed E-state index contributed by atoms with van der Waals surface area (Å²) in [5.74, 6) is 1.03. The molecule has 2 heterocycles. The molecular weight excluding hydrogens is 324 g/mol. The van der Waals surface area contributed by atoms with Crippen LogP contribution in [-0.2, 0) is 4.74 Å². The van der Waals surface area contributed by atoms with Crippen LogP contribution in [0.1, 0.15) is 22.1 Å². The van der Waals surface area contributed by atoms with Crippen molar-refractivity contribution in [2.75, 3.05) is 34.0 Å². The van der Waals surface area contributed by atoms with Gasteiger partial charge in [0.15, 0.2) is 11.5 Å². The van der Waals surface area contributed by atoms with E-state index in [2.05, 4.69) is 4.98 Å². The van der Waals surface area contributed by atoms with Gasteiger partial charge in [-0.2, -0.15) is 0 Å². The number of aliphatic hydroxyl groups excluding tert-OH is 1.